The summed E-state index contributed by atoms with van der Waals surface area (Å²) in [7, 11) is 0. The van der Waals surface area contributed by atoms with Crippen LogP contribution < -0.4 is 11.1 Å². The minimum Gasteiger partial charge on any atom is -0.480 e. The summed E-state index contributed by atoms with van der Waals surface area (Å²) in [4.78, 5) is 29.8. The van der Waals surface area contributed by atoms with E-state index >= 15 is 0 Å². The highest BCUT2D eigenvalue weighted by molar-refractivity contribution is 5.83. The summed E-state index contributed by atoms with van der Waals surface area (Å²) >= 11 is 0. The van der Waals surface area contributed by atoms with E-state index in [2.05, 4.69) is 15.3 Å². The number of carbonyl (C=O) groups excluding carboxylic acids is 1. The van der Waals surface area contributed by atoms with Crippen LogP contribution in [-0.4, -0.2) is 39.5 Å². The smallest absolute Gasteiger partial charge is 0.326 e. The molecule has 0 radical (unpaired) electrons. The Bertz CT molecular complexity index is 457. The van der Waals surface area contributed by atoms with Crippen molar-refractivity contribution in [2.75, 3.05) is 6.54 Å². The summed E-state index contributed by atoms with van der Waals surface area (Å²) in [6.45, 7) is 4.67. The van der Waals surface area contributed by atoms with Gasteiger partial charge in [0, 0.05) is 24.7 Å². The first-order chi connectivity index (χ1) is 9.84. The van der Waals surface area contributed by atoms with E-state index in [1.165, 1.54) is 6.33 Å². The zero-order valence-electron chi connectivity index (χ0n) is 12.6. The summed E-state index contributed by atoms with van der Waals surface area (Å²) in [5.41, 5.74) is 6.18. The van der Waals surface area contributed by atoms with Crippen molar-refractivity contribution in [3.63, 3.8) is 0 Å². The van der Waals surface area contributed by atoms with Gasteiger partial charge in [-0.2, -0.15) is 0 Å². The van der Waals surface area contributed by atoms with Crippen molar-refractivity contribution in [3.05, 3.63) is 18.2 Å². The average Bonchev–Trinajstić information content (AvgIpc) is 2.88. The number of amides is 1. The van der Waals surface area contributed by atoms with Crippen LogP contribution in [0.5, 0.6) is 0 Å². The van der Waals surface area contributed by atoms with Crippen molar-refractivity contribution in [2.24, 2.45) is 11.1 Å². The molecule has 0 spiro atoms. The van der Waals surface area contributed by atoms with Gasteiger partial charge in [0.15, 0.2) is 0 Å². The van der Waals surface area contributed by atoms with Gasteiger partial charge in [-0.1, -0.05) is 13.8 Å². The summed E-state index contributed by atoms with van der Waals surface area (Å²) in [6, 6.07) is -0.949. The van der Waals surface area contributed by atoms with Crippen molar-refractivity contribution in [3.8, 4) is 0 Å². The molecule has 21 heavy (non-hydrogen) atoms. The van der Waals surface area contributed by atoms with Gasteiger partial charge >= 0.3 is 5.97 Å². The van der Waals surface area contributed by atoms with E-state index < -0.39 is 12.0 Å². The molecule has 0 fully saturated rings. The molecular weight excluding hydrogens is 272 g/mol. The number of carbonyl (C=O) groups is 2. The number of rotatable bonds is 9. The highest BCUT2D eigenvalue weighted by Crippen LogP contribution is 2.25. The van der Waals surface area contributed by atoms with Crippen LogP contribution in [0.2, 0.25) is 0 Å². The Balaban J connectivity index is 2.48. The Morgan fingerprint density at radius 2 is 2.19 bits per heavy atom. The predicted molar refractivity (Wildman–Crippen MR) is 78.5 cm³/mol. The molecule has 1 aromatic heterocycles. The van der Waals surface area contributed by atoms with Gasteiger partial charge in [0.25, 0.3) is 0 Å². The molecule has 0 aliphatic heterocycles. The number of aromatic amines is 1. The summed E-state index contributed by atoms with van der Waals surface area (Å²) in [5.74, 6) is -1.31. The van der Waals surface area contributed by atoms with Crippen LogP contribution in [0.15, 0.2) is 12.5 Å². The lowest BCUT2D eigenvalue weighted by Gasteiger charge is -2.23. The molecule has 1 aromatic rings. The van der Waals surface area contributed by atoms with Gasteiger partial charge in [0.1, 0.15) is 6.04 Å². The molecular formula is C14H24N4O3. The Hall–Kier alpha value is -1.89. The minimum absolute atomic E-state index is 0.0197. The van der Waals surface area contributed by atoms with E-state index in [-0.39, 0.29) is 17.7 Å². The number of carboxylic acids is 1. The van der Waals surface area contributed by atoms with E-state index in [9.17, 15) is 9.59 Å². The number of hydrogen-bond acceptors (Lipinski definition) is 4. The number of aromatic nitrogens is 2. The van der Waals surface area contributed by atoms with Crippen LogP contribution in [0.1, 0.15) is 38.8 Å². The molecule has 1 heterocycles. The molecule has 1 rings (SSSR count). The fraction of sp³-hybridized carbons (Fsp3) is 0.643. The highest BCUT2D eigenvalue weighted by atomic mass is 16.4. The van der Waals surface area contributed by atoms with Crippen molar-refractivity contribution in [1.82, 2.24) is 15.3 Å². The first kappa shape index (κ1) is 17.2. The number of carboxylic acid groups (broad SMARTS) is 1. The van der Waals surface area contributed by atoms with Gasteiger partial charge in [-0.3, -0.25) is 4.79 Å². The monoisotopic (exact) mass is 296 g/mol. The van der Waals surface area contributed by atoms with Crippen molar-refractivity contribution in [1.29, 1.82) is 0 Å². The molecule has 1 amide bonds. The second kappa shape index (κ2) is 7.78. The maximum Gasteiger partial charge on any atom is 0.326 e. The van der Waals surface area contributed by atoms with Crippen LogP contribution in [0.25, 0.3) is 0 Å². The summed E-state index contributed by atoms with van der Waals surface area (Å²) in [5, 5.41) is 11.7. The highest BCUT2D eigenvalue weighted by Gasteiger charge is 2.23. The van der Waals surface area contributed by atoms with Gasteiger partial charge in [0.05, 0.1) is 6.33 Å². The fourth-order valence-corrected chi connectivity index (χ4v) is 2.05. The second-order valence-corrected chi connectivity index (χ2v) is 5.94. The number of imidazole rings is 1. The molecule has 7 heteroatoms. The molecule has 0 aliphatic carbocycles. The molecule has 118 valence electrons. The number of nitrogens with zero attached hydrogens (tertiary/aromatic N) is 1. The summed E-state index contributed by atoms with van der Waals surface area (Å²) < 4.78 is 0. The van der Waals surface area contributed by atoms with Crippen LogP contribution >= 0.6 is 0 Å². The number of hydrogen-bond donors (Lipinski definition) is 4. The number of nitrogens with one attached hydrogen (secondary N) is 2. The topological polar surface area (TPSA) is 121 Å². The van der Waals surface area contributed by atoms with Crippen LogP contribution in [0.4, 0.5) is 0 Å². The molecule has 5 N–H and O–H groups in total. The van der Waals surface area contributed by atoms with Crippen molar-refractivity contribution >= 4 is 11.9 Å². The van der Waals surface area contributed by atoms with Gasteiger partial charge in [-0.15, -0.1) is 0 Å². The lowest BCUT2D eigenvalue weighted by Crippen LogP contribution is -2.42. The van der Waals surface area contributed by atoms with E-state index in [1.807, 2.05) is 13.8 Å². The zero-order chi connectivity index (χ0) is 15.9. The lowest BCUT2D eigenvalue weighted by atomic mass is 9.84. The first-order valence-corrected chi connectivity index (χ1v) is 7.03. The fourth-order valence-electron chi connectivity index (χ4n) is 2.05. The molecule has 1 atom stereocenters. The van der Waals surface area contributed by atoms with Crippen LogP contribution in [0.3, 0.4) is 0 Å². The third kappa shape index (κ3) is 6.40. The normalized spacial score (nSPS) is 12.9. The Morgan fingerprint density at radius 3 is 2.71 bits per heavy atom. The maximum atomic E-state index is 11.9. The third-order valence-corrected chi connectivity index (χ3v) is 3.46. The molecule has 0 aliphatic rings. The number of nitrogens with two attached hydrogens (primary N) is 1. The quantitative estimate of drug-likeness (QED) is 0.534. The van der Waals surface area contributed by atoms with Gasteiger partial charge < -0.3 is 21.1 Å². The Labute approximate surface area is 124 Å². The largest absolute Gasteiger partial charge is 0.480 e. The molecule has 0 unspecified atom stereocenters. The summed E-state index contributed by atoms with van der Waals surface area (Å²) in [6.07, 6.45) is 5.01. The molecule has 7 nitrogen and oxygen atoms in total. The zero-order valence-corrected chi connectivity index (χ0v) is 12.6. The van der Waals surface area contributed by atoms with E-state index in [0.29, 0.717) is 25.1 Å². The van der Waals surface area contributed by atoms with E-state index in [1.54, 1.807) is 6.20 Å². The van der Waals surface area contributed by atoms with Gasteiger partial charge in [0.2, 0.25) is 5.91 Å². The van der Waals surface area contributed by atoms with Crippen molar-refractivity contribution in [2.45, 2.75) is 45.6 Å². The lowest BCUT2D eigenvalue weighted by molar-refractivity contribution is -0.141. The Kier molecular flexibility index (Phi) is 6.36. The van der Waals surface area contributed by atoms with Gasteiger partial charge in [-0.25, -0.2) is 9.78 Å². The molecule has 0 saturated carbocycles. The molecule has 0 saturated heterocycles. The SMILES string of the molecule is CC(C)(CCN)CCC(=O)N[C@@H](Cc1cnc[nH]1)C(=O)O. The third-order valence-electron chi connectivity index (χ3n) is 3.46. The van der Waals surface area contributed by atoms with E-state index in [4.69, 9.17) is 10.8 Å². The Morgan fingerprint density at radius 1 is 1.48 bits per heavy atom. The molecule has 0 aromatic carbocycles. The number of aliphatic carboxylic acids is 1. The first-order valence-electron chi connectivity index (χ1n) is 7.03. The van der Waals surface area contributed by atoms with Crippen molar-refractivity contribution < 1.29 is 14.7 Å². The van der Waals surface area contributed by atoms with Crippen LogP contribution in [0, 0.1) is 5.41 Å². The predicted octanol–water partition coefficient (Wildman–Crippen LogP) is 0.677. The maximum absolute atomic E-state index is 11.9. The second-order valence-electron chi connectivity index (χ2n) is 5.94. The minimum atomic E-state index is -1.06. The average molecular weight is 296 g/mol. The number of H-pyrrole nitrogens is 1. The molecule has 0 bridgehead atoms. The standard InChI is InChI=1S/C14H24N4O3/c1-14(2,5-6-15)4-3-12(19)18-11(13(20)21)7-10-8-16-9-17-10/h8-9,11H,3-7,15H2,1-2H3,(H,16,17)(H,18,19)(H,20,21)/t11-/m0/s1. The van der Waals surface area contributed by atoms with Gasteiger partial charge in [-0.05, 0) is 24.8 Å². The van der Waals surface area contributed by atoms with E-state index in [0.717, 1.165) is 6.42 Å². The van der Waals surface area contributed by atoms with Crippen LogP contribution in [-0.2, 0) is 16.0 Å².